The summed E-state index contributed by atoms with van der Waals surface area (Å²) in [6.45, 7) is 0. The lowest BCUT2D eigenvalue weighted by Gasteiger charge is -2.17. The third-order valence-electron chi connectivity index (χ3n) is 4.59. The van der Waals surface area contributed by atoms with Crippen molar-refractivity contribution in [2.45, 2.75) is 37.6 Å². The van der Waals surface area contributed by atoms with Gasteiger partial charge < -0.3 is 10.4 Å². The van der Waals surface area contributed by atoms with Crippen molar-refractivity contribution in [3.8, 4) is 0 Å². The van der Waals surface area contributed by atoms with Crippen molar-refractivity contribution in [3.63, 3.8) is 0 Å². The smallest absolute Gasteiger partial charge is 0.308 e. The van der Waals surface area contributed by atoms with Crippen molar-refractivity contribution in [3.05, 3.63) is 35.6 Å². The number of benzene rings is 1. The number of nitrogens with one attached hydrogen (secondary N) is 1. The molecule has 0 aromatic heterocycles. The molecule has 112 valence electrons. The van der Waals surface area contributed by atoms with Crippen molar-refractivity contribution in [1.82, 2.24) is 5.32 Å². The molecule has 0 radical (unpaired) electrons. The summed E-state index contributed by atoms with van der Waals surface area (Å²) < 4.78 is 12.9. The third-order valence-corrected chi connectivity index (χ3v) is 4.59. The first-order valence-electron chi connectivity index (χ1n) is 7.35. The standard InChI is InChI=1S/C16H18FNO3/c17-10-6-4-9(5-7-10)12-8-13(12)15(19)18-14-3-1-2-11(14)16(20)21/h4-7,11-14H,1-3,8H2,(H,18,19)(H,20,21)/t11-,12?,13?,14+/m1/s1. The zero-order chi connectivity index (χ0) is 15.0. The molecule has 2 aliphatic rings. The van der Waals surface area contributed by atoms with Crippen LogP contribution in [-0.2, 0) is 9.59 Å². The topological polar surface area (TPSA) is 66.4 Å². The first kappa shape index (κ1) is 14.0. The van der Waals surface area contributed by atoms with Crippen LogP contribution in [0.2, 0.25) is 0 Å². The van der Waals surface area contributed by atoms with E-state index in [1.165, 1.54) is 12.1 Å². The van der Waals surface area contributed by atoms with Crippen LogP contribution < -0.4 is 5.32 Å². The molecule has 0 aliphatic heterocycles. The van der Waals surface area contributed by atoms with E-state index in [4.69, 9.17) is 5.11 Å². The number of aliphatic carboxylic acids is 1. The van der Waals surface area contributed by atoms with Gasteiger partial charge in [0.15, 0.2) is 0 Å². The third kappa shape index (κ3) is 2.91. The largest absolute Gasteiger partial charge is 0.481 e. The second kappa shape index (κ2) is 5.47. The van der Waals surface area contributed by atoms with Crippen LogP contribution in [0.25, 0.3) is 0 Å². The summed E-state index contributed by atoms with van der Waals surface area (Å²) in [5, 5.41) is 12.0. The first-order chi connectivity index (χ1) is 10.1. The Balaban J connectivity index is 1.58. The van der Waals surface area contributed by atoms with E-state index in [1.54, 1.807) is 12.1 Å². The summed E-state index contributed by atoms with van der Waals surface area (Å²) in [6.07, 6.45) is 2.96. The molecule has 2 saturated carbocycles. The fourth-order valence-electron chi connectivity index (χ4n) is 3.28. The Morgan fingerprint density at radius 2 is 1.86 bits per heavy atom. The average Bonchev–Trinajstić information content (AvgIpc) is 3.12. The number of carbonyl (C=O) groups excluding carboxylic acids is 1. The Hall–Kier alpha value is -1.91. The summed E-state index contributed by atoms with van der Waals surface area (Å²) in [7, 11) is 0. The molecule has 4 atom stereocenters. The second-order valence-corrected chi connectivity index (χ2v) is 5.99. The lowest BCUT2D eigenvalue weighted by Crippen LogP contribution is -2.41. The van der Waals surface area contributed by atoms with E-state index in [0.29, 0.717) is 6.42 Å². The van der Waals surface area contributed by atoms with Gasteiger partial charge in [0.1, 0.15) is 5.82 Å². The van der Waals surface area contributed by atoms with Crippen LogP contribution in [0.4, 0.5) is 4.39 Å². The van der Waals surface area contributed by atoms with Crippen LogP contribution in [0.15, 0.2) is 24.3 Å². The van der Waals surface area contributed by atoms with Gasteiger partial charge in [0.05, 0.1) is 5.92 Å². The van der Waals surface area contributed by atoms with Crippen LogP contribution in [0.1, 0.15) is 37.2 Å². The van der Waals surface area contributed by atoms with Gasteiger partial charge in [0, 0.05) is 12.0 Å². The number of carboxylic acid groups (broad SMARTS) is 1. The molecule has 2 N–H and O–H groups in total. The van der Waals surface area contributed by atoms with Crippen molar-refractivity contribution >= 4 is 11.9 Å². The predicted octanol–water partition coefficient (Wildman–Crippen LogP) is 2.30. The maximum atomic E-state index is 12.9. The number of hydrogen-bond donors (Lipinski definition) is 2. The number of rotatable bonds is 4. The summed E-state index contributed by atoms with van der Waals surface area (Å²) in [5.74, 6) is -1.61. The summed E-state index contributed by atoms with van der Waals surface area (Å²) in [6, 6.07) is 5.98. The SMILES string of the molecule is O=C(N[C@H]1CCC[C@H]1C(=O)O)C1CC1c1ccc(F)cc1. The average molecular weight is 291 g/mol. The maximum Gasteiger partial charge on any atom is 0.308 e. The molecule has 1 aromatic carbocycles. The fraction of sp³-hybridized carbons (Fsp3) is 0.500. The molecule has 2 aliphatic carbocycles. The van der Waals surface area contributed by atoms with Crippen LogP contribution in [-0.4, -0.2) is 23.0 Å². The zero-order valence-corrected chi connectivity index (χ0v) is 11.6. The number of amides is 1. The Morgan fingerprint density at radius 1 is 1.14 bits per heavy atom. The normalized spacial score (nSPS) is 30.9. The molecular weight excluding hydrogens is 273 g/mol. The van der Waals surface area contributed by atoms with Crippen molar-refractivity contribution in [2.75, 3.05) is 0 Å². The molecule has 21 heavy (non-hydrogen) atoms. The Kier molecular flexibility index (Phi) is 3.66. The minimum atomic E-state index is -0.830. The van der Waals surface area contributed by atoms with Crippen molar-refractivity contribution in [1.29, 1.82) is 0 Å². The number of carbonyl (C=O) groups is 2. The molecule has 2 unspecified atom stereocenters. The highest BCUT2D eigenvalue weighted by Gasteiger charge is 2.45. The molecule has 0 saturated heterocycles. The predicted molar refractivity (Wildman–Crippen MR) is 74.2 cm³/mol. The van der Waals surface area contributed by atoms with Crippen molar-refractivity contribution in [2.24, 2.45) is 11.8 Å². The molecule has 0 bridgehead atoms. The maximum absolute atomic E-state index is 12.9. The van der Waals surface area contributed by atoms with E-state index in [-0.39, 0.29) is 29.6 Å². The van der Waals surface area contributed by atoms with Gasteiger partial charge in [-0.2, -0.15) is 0 Å². The Bertz CT molecular complexity index is 557. The molecule has 2 fully saturated rings. The highest BCUT2D eigenvalue weighted by atomic mass is 19.1. The Morgan fingerprint density at radius 3 is 2.52 bits per heavy atom. The first-order valence-corrected chi connectivity index (χ1v) is 7.35. The van der Waals surface area contributed by atoms with Gasteiger partial charge in [-0.3, -0.25) is 9.59 Å². The molecular formula is C16H18FNO3. The second-order valence-electron chi connectivity index (χ2n) is 5.99. The van der Waals surface area contributed by atoms with Crippen LogP contribution >= 0.6 is 0 Å². The molecule has 5 heteroatoms. The van der Waals surface area contributed by atoms with Gasteiger partial charge in [-0.1, -0.05) is 18.6 Å². The highest BCUT2D eigenvalue weighted by molar-refractivity contribution is 5.84. The number of hydrogen-bond acceptors (Lipinski definition) is 2. The minimum Gasteiger partial charge on any atom is -0.481 e. The summed E-state index contributed by atoms with van der Waals surface area (Å²) in [5.41, 5.74) is 0.970. The van der Waals surface area contributed by atoms with E-state index in [9.17, 15) is 14.0 Å². The van der Waals surface area contributed by atoms with Crippen LogP contribution in [0, 0.1) is 17.7 Å². The van der Waals surface area contributed by atoms with Crippen LogP contribution in [0.3, 0.4) is 0 Å². The Labute approximate surface area is 122 Å². The minimum absolute atomic E-state index is 0.0672. The molecule has 1 aromatic rings. The number of carboxylic acids is 1. The lowest BCUT2D eigenvalue weighted by atomic mass is 10.0. The van der Waals surface area contributed by atoms with Crippen molar-refractivity contribution < 1.29 is 19.1 Å². The van der Waals surface area contributed by atoms with Gasteiger partial charge in [-0.05, 0) is 42.9 Å². The molecule has 0 heterocycles. The van der Waals surface area contributed by atoms with E-state index in [1.807, 2.05) is 0 Å². The van der Waals surface area contributed by atoms with Gasteiger partial charge in [-0.15, -0.1) is 0 Å². The van der Waals surface area contributed by atoms with Gasteiger partial charge >= 0.3 is 5.97 Å². The summed E-state index contributed by atoms with van der Waals surface area (Å²) in [4.78, 5) is 23.3. The van der Waals surface area contributed by atoms with Gasteiger partial charge in [-0.25, -0.2) is 4.39 Å². The number of halogens is 1. The quantitative estimate of drug-likeness (QED) is 0.894. The van der Waals surface area contributed by atoms with Gasteiger partial charge in [0.25, 0.3) is 0 Å². The van der Waals surface area contributed by atoms with E-state index >= 15 is 0 Å². The summed E-state index contributed by atoms with van der Waals surface area (Å²) >= 11 is 0. The van der Waals surface area contributed by atoms with Gasteiger partial charge in [0.2, 0.25) is 5.91 Å². The fourth-order valence-corrected chi connectivity index (χ4v) is 3.28. The van der Waals surface area contributed by atoms with E-state index in [2.05, 4.69) is 5.32 Å². The monoisotopic (exact) mass is 291 g/mol. The van der Waals surface area contributed by atoms with E-state index < -0.39 is 11.9 Å². The molecule has 1 amide bonds. The zero-order valence-electron chi connectivity index (χ0n) is 11.6. The molecule has 4 nitrogen and oxygen atoms in total. The highest BCUT2D eigenvalue weighted by Crippen LogP contribution is 2.47. The molecule has 0 spiro atoms. The van der Waals surface area contributed by atoms with Crippen LogP contribution in [0.5, 0.6) is 0 Å². The molecule has 3 rings (SSSR count). The van der Waals surface area contributed by atoms with E-state index in [0.717, 1.165) is 24.8 Å². The lowest BCUT2D eigenvalue weighted by molar-refractivity contribution is -0.142.